The van der Waals surface area contributed by atoms with E-state index in [1.54, 1.807) is 47.9 Å². The normalized spacial score (nSPS) is 19.0. The standard InChI is InChI=1S/2C22H23N7O2.C20H21F3N8O/c1-14-9-10-16(20(25-14)29-23-11-12-24-29)21(30)28-13-5-7-17(15(28)2)26-22-27-18-6-3-4-8-19(18)31-22;1-14-9-10-16(20(24-14)29-13-11-23-27-29)21(30)28-12-5-7-17(15(28)2)25-22-26-18-6-3-4-8-19(18)31-22;1-12-5-6-14(18(28-12)31-26-7-8-27-31)19(32)30-9-3-4-15(13(30)2)29-17-11-24-16(10-25-17)20(21,22)23/h3-4,6,8-12,15,17H,5,7,13H2,1-2H3,(H,26,27);3-4,6,8-11,13,15,17H,5,7,12H2,1-2H3,(H,25,26);5-8,10-11,13,15H,3-4,9H2,1-2H3,(H,25,29)/t2*15-,17+;13-,15+/m000/s1. The van der Waals surface area contributed by atoms with E-state index in [1.165, 1.54) is 26.7 Å². The summed E-state index contributed by atoms with van der Waals surface area (Å²) in [4.78, 5) is 78.5. The summed E-state index contributed by atoms with van der Waals surface area (Å²) in [6.45, 7) is 13.5. The van der Waals surface area contributed by atoms with Crippen LogP contribution in [0.3, 0.4) is 0 Å². The lowest BCUT2D eigenvalue weighted by Gasteiger charge is -2.40. The number of aryl methyl sites for hydroxylation is 3. The number of benzene rings is 2. The Morgan fingerprint density at radius 2 is 0.915 bits per heavy atom. The number of anilines is 3. The molecular weight excluding hydrogens is 1210 g/mol. The van der Waals surface area contributed by atoms with Crippen LogP contribution in [0, 0.1) is 20.8 Å². The second-order valence-electron chi connectivity index (χ2n) is 23.1. The Kier molecular flexibility index (Phi) is 18.4. The highest BCUT2D eigenvalue weighted by Gasteiger charge is 2.38. The third-order valence-electron chi connectivity index (χ3n) is 16.8. The van der Waals surface area contributed by atoms with Gasteiger partial charge in [-0.3, -0.25) is 14.4 Å². The Balaban J connectivity index is 0.000000135. The molecule has 3 aliphatic rings. The first kappa shape index (κ1) is 63.1. The predicted molar refractivity (Wildman–Crippen MR) is 338 cm³/mol. The Morgan fingerprint density at radius 1 is 0.500 bits per heavy atom. The predicted octanol–water partition coefficient (Wildman–Crippen LogP) is 9.32. The number of rotatable bonds is 12. The molecule has 0 bridgehead atoms. The zero-order valence-electron chi connectivity index (χ0n) is 52.2. The number of fused-ring (bicyclic) bond motifs is 2. The van der Waals surface area contributed by atoms with Crippen molar-refractivity contribution in [3.8, 4) is 17.5 Å². The zero-order chi connectivity index (χ0) is 65.6. The Labute approximate surface area is 536 Å². The fraction of sp³-hybridized carbons (Fsp3) is 0.344. The van der Waals surface area contributed by atoms with Gasteiger partial charge in [-0.2, -0.15) is 43.5 Å². The number of amides is 3. The lowest BCUT2D eigenvalue weighted by molar-refractivity contribution is -0.141. The van der Waals surface area contributed by atoms with E-state index in [0.29, 0.717) is 72.0 Å². The molecule has 3 aliphatic heterocycles. The number of likely N-dealkylation sites (tertiary alicyclic amines) is 3. The Morgan fingerprint density at radius 3 is 1.31 bits per heavy atom. The molecule has 0 aliphatic carbocycles. The van der Waals surface area contributed by atoms with Gasteiger partial charge in [-0.25, -0.2) is 29.6 Å². The van der Waals surface area contributed by atoms with Crippen LogP contribution in [0.5, 0.6) is 0 Å². The van der Waals surface area contributed by atoms with Crippen LogP contribution in [0.25, 0.3) is 39.7 Å². The average Bonchev–Trinajstić information content (AvgIpc) is 1.47. The number of nitrogens with one attached hydrogen (secondary N) is 3. The van der Waals surface area contributed by atoms with Crippen molar-refractivity contribution in [1.29, 1.82) is 0 Å². The smallest absolute Gasteiger partial charge is 0.424 e. The lowest BCUT2D eigenvalue weighted by atomic mass is 9.96. The van der Waals surface area contributed by atoms with Crippen molar-refractivity contribution >= 4 is 57.8 Å². The van der Waals surface area contributed by atoms with Crippen molar-refractivity contribution in [2.75, 3.05) is 35.6 Å². The topological polar surface area (TPSA) is 306 Å². The molecular formula is C64H67F3N22O5. The number of aromatic nitrogens is 16. The minimum absolute atomic E-state index is 0.0236. The number of piperidine rings is 3. The number of oxazole rings is 2. The summed E-state index contributed by atoms with van der Waals surface area (Å²) in [5.41, 5.74) is 5.73. The maximum Gasteiger partial charge on any atom is 0.434 e. The van der Waals surface area contributed by atoms with E-state index in [2.05, 4.69) is 81.5 Å². The van der Waals surface area contributed by atoms with Crippen LogP contribution < -0.4 is 16.0 Å². The van der Waals surface area contributed by atoms with Crippen molar-refractivity contribution in [1.82, 2.24) is 94.6 Å². The van der Waals surface area contributed by atoms with E-state index in [4.69, 9.17) is 8.83 Å². The minimum atomic E-state index is -4.55. The highest BCUT2D eigenvalue weighted by atomic mass is 19.4. The maximum absolute atomic E-state index is 13.5. The number of pyridine rings is 3. The van der Waals surface area contributed by atoms with Gasteiger partial charge in [0.1, 0.15) is 16.9 Å². The number of carbonyl (C=O) groups excluding carboxylic acids is 3. The molecule has 0 unspecified atom stereocenters. The molecule has 30 heteroatoms. The number of alkyl halides is 3. The van der Waals surface area contributed by atoms with Crippen molar-refractivity contribution in [3.63, 3.8) is 0 Å². The first-order valence-corrected chi connectivity index (χ1v) is 30.8. The van der Waals surface area contributed by atoms with Crippen molar-refractivity contribution in [3.05, 3.63) is 174 Å². The molecule has 0 spiro atoms. The van der Waals surface area contributed by atoms with Crippen LogP contribution >= 0.6 is 0 Å². The summed E-state index contributed by atoms with van der Waals surface area (Å²) in [5.74, 6) is 1.12. The quantitative estimate of drug-likeness (QED) is 0.103. The van der Waals surface area contributed by atoms with Gasteiger partial charge in [0.2, 0.25) is 0 Å². The Bertz CT molecular complexity index is 4150. The average molecular weight is 1280 g/mol. The van der Waals surface area contributed by atoms with Gasteiger partial charge in [0.15, 0.2) is 34.3 Å². The van der Waals surface area contributed by atoms with Crippen molar-refractivity contribution < 1.29 is 36.4 Å². The van der Waals surface area contributed by atoms with Crippen LogP contribution in [-0.2, 0) is 6.18 Å². The van der Waals surface area contributed by atoms with E-state index in [1.807, 2.05) is 118 Å². The largest absolute Gasteiger partial charge is 0.434 e. The van der Waals surface area contributed by atoms with Gasteiger partial charge in [0.05, 0.1) is 78.3 Å². The van der Waals surface area contributed by atoms with Crippen molar-refractivity contribution in [2.45, 2.75) is 122 Å². The molecule has 0 saturated carbocycles. The van der Waals surface area contributed by atoms with E-state index in [0.717, 1.165) is 84.0 Å². The molecule has 3 amide bonds. The monoisotopic (exact) mass is 1280 g/mol. The van der Waals surface area contributed by atoms with E-state index >= 15 is 0 Å². The highest BCUT2D eigenvalue weighted by Crippen LogP contribution is 2.31. The molecule has 12 heterocycles. The molecule has 11 aromatic rings. The number of hydrogen-bond donors (Lipinski definition) is 3. The van der Waals surface area contributed by atoms with Gasteiger partial charge < -0.3 is 39.5 Å². The number of halogens is 3. The number of hydrogen-bond acceptors (Lipinski definition) is 21. The third-order valence-corrected chi connectivity index (χ3v) is 16.8. The molecule has 3 saturated heterocycles. The van der Waals surface area contributed by atoms with Crippen LogP contribution in [0.2, 0.25) is 0 Å². The first-order chi connectivity index (χ1) is 45.4. The number of para-hydroxylation sites is 4. The first-order valence-electron chi connectivity index (χ1n) is 30.8. The molecule has 3 fully saturated rings. The summed E-state index contributed by atoms with van der Waals surface area (Å²) >= 11 is 0. The SMILES string of the molecule is Cc1ccc(C(=O)N2CCC[C@@H](Nc3cnc(C(F)(F)F)cn3)[C@@H]2C)c(-n2nccn2)n1.Cc1ccc(C(=O)N2CCC[C@@H](Nc3nc4ccccc4o3)[C@@H]2C)c(-n2ccnn2)n1.Cc1ccc(C(=O)N2CCC[C@@H](Nc3nc4ccccc4o3)[C@@H]2C)c(-n2nccn2)n1. The van der Waals surface area contributed by atoms with E-state index in [9.17, 15) is 27.6 Å². The van der Waals surface area contributed by atoms with Crippen LogP contribution in [0.4, 0.5) is 31.0 Å². The highest BCUT2D eigenvalue weighted by molar-refractivity contribution is 5.99. The molecule has 3 N–H and O–H groups in total. The van der Waals surface area contributed by atoms with E-state index < -0.39 is 11.9 Å². The Hall–Kier alpha value is -11.1. The van der Waals surface area contributed by atoms with Crippen LogP contribution in [0.1, 0.15) is 113 Å². The lowest BCUT2D eigenvalue weighted by Crippen LogP contribution is -2.52. The minimum Gasteiger partial charge on any atom is -0.424 e. The van der Waals surface area contributed by atoms with Gasteiger partial charge in [-0.15, -0.1) is 14.7 Å². The maximum atomic E-state index is 13.5. The molecule has 484 valence electrons. The molecule has 14 rings (SSSR count). The fourth-order valence-electron chi connectivity index (χ4n) is 11.8. The summed E-state index contributed by atoms with van der Waals surface area (Å²) < 4.78 is 51.3. The molecule has 2 aromatic carbocycles. The molecule has 94 heavy (non-hydrogen) atoms. The summed E-state index contributed by atoms with van der Waals surface area (Å²) in [7, 11) is 0. The van der Waals surface area contributed by atoms with E-state index in [-0.39, 0.29) is 59.8 Å². The summed E-state index contributed by atoms with van der Waals surface area (Å²) in [5, 5.41) is 34.3. The number of carbonyl (C=O) groups is 3. The third kappa shape index (κ3) is 13.9. The molecule has 6 atom stereocenters. The molecule has 9 aromatic heterocycles. The zero-order valence-corrected chi connectivity index (χ0v) is 52.2. The van der Waals surface area contributed by atoms with Crippen molar-refractivity contribution in [2.24, 2.45) is 0 Å². The fourth-order valence-corrected chi connectivity index (χ4v) is 11.8. The second-order valence-corrected chi connectivity index (χ2v) is 23.1. The number of nitrogens with zero attached hydrogens (tertiary/aromatic N) is 19. The van der Waals surface area contributed by atoms with Gasteiger partial charge in [0.25, 0.3) is 29.8 Å². The summed E-state index contributed by atoms with van der Waals surface area (Å²) in [6.07, 6.45) is 11.7. The molecule has 0 radical (unpaired) electrons. The van der Waals surface area contributed by atoms with Gasteiger partial charge >= 0.3 is 6.18 Å². The van der Waals surface area contributed by atoms with Crippen LogP contribution in [-0.4, -0.2) is 168 Å². The van der Waals surface area contributed by atoms with Gasteiger partial charge in [-0.05, 0) is 141 Å². The molecule has 27 nitrogen and oxygen atoms in total. The second kappa shape index (κ2) is 27.4. The summed E-state index contributed by atoms with van der Waals surface area (Å²) in [6, 6.07) is 26.5. The van der Waals surface area contributed by atoms with Gasteiger partial charge in [-0.1, -0.05) is 29.5 Å². The van der Waals surface area contributed by atoms with Gasteiger partial charge in [0, 0.05) is 60.9 Å². The van der Waals surface area contributed by atoms with Crippen LogP contribution in [0.15, 0.2) is 143 Å².